The number of rotatable bonds is 5. The third-order valence-electron chi connectivity index (χ3n) is 7.72. The molecule has 4 heteroatoms. The van der Waals surface area contributed by atoms with E-state index in [0.29, 0.717) is 18.8 Å². The quantitative estimate of drug-likeness (QED) is 0.786. The van der Waals surface area contributed by atoms with Gasteiger partial charge in [-0.15, -0.1) is 0 Å². The molecule has 1 atom stereocenters. The van der Waals surface area contributed by atoms with Gasteiger partial charge in [0.25, 0.3) is 0 Å². The predicted molar refractivity (Wildman–Crippen MR) is 107 cm³/mol. The normalized spacial score (nSPS) is 38.1. The van der Waals surface area contributed by atoms with Crippen molar-refractivity contribution in [3.63, 3.8) is 0 Å². The number of nitrogens with one attached hydrogen (secondary N) is 1. The summed E-state index contributed by atoms with van der Waals surface area (Å²) in [6, 6.07) is 0. The van der Waals surface area contributed by atoms with E-state index in [1.165, 1.54) is 44.9 Å². The summed E-state index contributed by atoms with van der Waals surface area (Å²) in [4.78, 5) is 27.7. The largest absolute Gasteiger partial charge is 0.351 e. The van der Waals surface area contributed by atoms with Gasteiger partial charge >= 0.3 is 0 Å². The number of piperidine rings is 1. The molecule has 27 heavy (non-hydrogen) atoms. The number of nitrogens with zero attached hydrogens (tertiary/aromatic N) is 1. The van der Waals surface area contributed by atoms with Crippen LogP contribution in [0.5, 0.6) is 0 Å². The lowest BCUT2D eigenvalue weighted by Crippen LogP contribution is -2.60. The summed E-state index contributed by atoms with van der Waals surface area (Å²) in [5.41, 5.74) is -0.196. The topological polar surface area (TPSA) is 49.4 Å². The van der Waals surface area contributed by atoms with Crippen LogP contribution in [-0.2, 0) is 9.59 Å². The standard InChI is InChI=1S/C23H38N2O2/c1-16-5-4-6-25(15-16)21(27)14-22(2,3)13-20(26)24-23-10-17-7-18(11-23)9-19(8-17)12-23/h16-19H,4-15H2,1-3H3,(H,24,26). The molecule has 152 valence electrons. The minimum Gasteiger partial charge on any atom is -0.351 e. The Kier molecular flexibility index (Phi) is 5.05. The van der Waals surface area contributed by atoms with Crippen molar-refractivity contribution in [2.75, 3.05) is 13.1 Å². The Bertz CT molecular complexity index is 562. The molecule has 0 aromatic heterocycles. The lowest BCUT2D eigenvalue weighted by molar-refractivity contribution is -0.136. The second-order valence-corrected chi connectivity index (χ2v) is 11.4. The molecule has 5 fully saturated rings. The van der Waals surface area contributed by atoms with Gasteiger partial charge in [0.15, 0.2) is 0 Å². The Morgan fingerprint density at radius 2 is 1.63 bits per heavy atom. The van der Waals surface area contributed by atoms with E-state index >= 15 is 0 Å². The first-order valence-corrected chi connectivity index (χ1v) is 11.3. The van der Waals surface area contributed by atoms with Crippen molar-refractivity contribution >= 4 is 11.8 Å². The summed E-state index contributed by atoms with van der Waals surface area (Å²) < 4.78 is 0. The fraction of sp³-hybridized carbons (Fsp3) is 0.913. The Morgan fingerprint density at radius 1 is 1.04 bits per heavy atom. The highest BCUT2D eigenvalue weighted by Gasteiger charge is 2.51. The summed E-state index contributed by atoms with van der Waals surface area (Å²) in [6.07, 6.45) is 11.0. The smallest absolute Gasteiger partial charge is 0.223 e. The molecule has 1 unspecified atom stereocenters. The molecule has 0 aromatic rings. The van der Waals surface area contributed by atoms with Crippen LogP contribution in [0.3, 0.4) is 0 Å². The van der Waals surface area contributed by atoms with Gasteiger partial charge in [0.05, 0.1) is 0 Å². The van der Waals surface area contributed by atoms with Crippen molar-refractivity contribution in [3.05, 3.63) is 0 Å². The van der Waals surface area contributed by atoms with Gasteiger partial charge in [-0.2, -0.15) is 0 Å². The third-order valence-corrected chi connectivity index (χ3v) is 7.72. The van der Waals surface area contributed by atoms with E-state index in [2.05, 4.69) is 26.1 Å². The van der Waals surface area contributed by atoms with Crippen molar-refractivity contribution in [3.8, 4) is 0 Å². The van der Waals surface area contributed by atoms with Gasteiger partial charge in [0.1, 0.15) is 0 Å². The molecule has 0 spiro atoms. The highest BCUT2D eigenvalue weighted by Crippen LogP contribution is 2.55. The molecule has 5 aliphatic rings. The average molecular weight is 375 g/mol. The van der Waals surface area contributed by atoms with Gasteiger partial charge in [-0.3, -0.25) is 9.59 Å². The molecule has 4 saturated carbocycles. The average Bonchev–Trinajstić information content (AvgIpc) is 2.51. The lowest BCUT2D eigenvalue weighted by atomic mass is 9.53. The van der Waals surface area contributed by atoms with E-state index in [1.54, 1.807) is 0 Å². The molecular formula is C23H38N2O2. The van der Waals surface area contributed by atoms with Crippen molar-refractivity contribution in [1.82, 2.24) is 10.2 Å². The van der Waals surface area contributed by atoms with Gasteiger partial charge in [0.2, 0.25) is 11.8 Å². The molecule has 0 radical (unpaired) electrons. The van der Waals surface area contributed by atoms with Crippen molar-refractivity contribution in [2.24, 2.45) is 29.1 Å². The van der Waals surface area contributed by atoms with Gasteiger partial charge in [-0.05, 0) is 80.5 Å². The van der Waals surface area contributed by atoms with Crippen LogP contribution >= 0.6 is 0 Å². The fourth-order valence-corrected chi connectivity index (χ4v) is 7.04. The van der Waals surface area contributed by atoms with Crippen LogP contribution in [-0.4, -0.2) is 35.3 Å². The maximum atomic E-state index is 12.9. The van der Waals surface area contributed by atoms with E-state index in [9.17, 15) is 9.59 Å². The first kappa shape index (κ1) is 19.3. The molecule has 1 N–H and O–H groups in total. The molecule has 4 aliphatic carbocycles. The Morgan fingerprint density at radius 3 is 2.19 bits per heavy atom. The molecule has 1 aliphatic heterocycles. The van der Waals surface area contributed by atoms with Crippen molar-refractivity contribution < 1.29 is 9.59 Å². The zero-order valence-corrected chi connectivity index (χ0v) is 17.6. The molecule has 1 heterocycles. The molecular weight excluding hydrogens is 336 g/mol. The summed E-state index contributed by atoms with van der Waals surface area (Å²) >= 11 is 0. The summed E-state index contributed by atoms with van der Waals surface area (Å²) in [6.45, 7) is 8.16. The predicted octanol–water partition coefficient (Wildman–Crippen LogP) is 4.14. The van der Waals surface area contributed by atoms with Crippen LogP contribution < -0.4 is 5.32 Å². The van der Waals surface area contributed by atoms with E-state index in [0.717, 1.165) is 37.3 Å². The van der Waals surface area contributed by atoms with E-state index in [-0.39, 0.29) is 22.8 Å². The fourth-order valence-electron chi connectivity index (χ4n) is 7.04. The van der Waals surface area contributed by atoms with E-state index < -0.39 is 0 Å². The molecule has 1 saturated heterocycles. The van der Waals surface area contributed by atoms with Crippen LogP contribution in [0.4, 0.5) is 0 Å². The third kappa shape index (κ3) is 4.35. The molecule has 2 amide bonds. The number of amides is 2. The maximum absolute atomic E-state index is 12.9. The Balaban J connectivity index is 1.31. The minimum absolute atomic E-state index is 0.0776. The van der Waals surface area contributed by atoms with Gasteiger partial charge < -0.3 is 10.2 Å². The van der Waals surface area contributed by atoms with Crippen LogP contribution in [0.2, 0.25) is 0 Å². The maximum Gasteiger partial charge on any atom is 0.223 e. The van der Waals surface area contributed by atoms with Crippen molar-refractivity contribution in [1.29, 1.82) is 0 Å². The molecule has 4 bridgehead atoms. The zero-order chi connectivity index (χ0) is 19.2. The molecule has 5 rings (SSSR count). The highest BCUT2D eigenvalue weighted by atomic mass is 16.2. The van der Waals surface area contributed by atoms with Crippen LogP contribution in [0.15, 0.2) is 0 Å². The number of carbonyl (C=O) groups is 2. The van der Waals surface area contributed by atoms with Crippen LogP contribution in [0.1, 0.15) is 85.0 Å². The van der Waals surface area contributed by atoms with Gasteiger partial charge in [-0.25, -0.2) is 0 Å². The minimum atomic E-state index is -0.274. The van der Waals surface area contributed by atoms with Crippen molar-refractivity contribution in [2.45, 2.75) is 90.5 Å². The Hall–Kier alpha value is -1.06. The van der Waals surface area contributed by atoms with Crippen LogP contribution in [0, 0.1) is 29.1 Å². The highest BCUT2D eigenvalue weighted by molar-refractivity contribution is 5.80. The first-order chi connectivity index (χ1) is 12.7. The van der Waals surface area contributed by atoms with Crippen LogP contribution in [0.25, 0.3) is 0 Å². The van der Waals surface area contributed by atoms with Gasteiger partial charge in [0, 0.05) is 31.5 Å². The van der Waals surface area contributed by atoms with Gasteiger partial charge in [-0.1, -0.05) is 20.8 Å². The SMILES string of the molecule is CC1CCCN(C(=O)CC(C)(C)CC(=O)NC23CC4CC(CC(C4)C2)C3)C1. The summed E-state index contributed by atoms with van der Waals surface area (Å²) in [5, 5.41) is 3.48. The van der Waals surface area contributed by atoms with E-state index in [1.807, 2.05) is 4.90 Å². The second kappa shape index (κ2) is 7.08. The lowest BCUT2D eigenvalue weighted by Gasteiger charge is -2.57. The summed E-state index contributed by atoms with van der Waals surface area (Å²) in [7, 11) is 0. The molecule has 0 aromatic carbocycles. The molecule has 4 nitrogen and oxygen atoms in total. The number of likely N-dealkylation sites (tertiary alicyclic amines) is 1. The second-order valence-electron chi connectivity index (χ2n) is 11.4. The van der Waals surface area contributed by atoms with E-state index in [4.69, 9.17) is 0 Å². The zero-order valence-electron chi connectivity index (χ0n) is 17.6. The number of hydrogen-bond donors (Lipinski definition) is 1. The monoisotopic (exact) mass is 374 g/mol. The number of carbonyl (C=O) groups excluding carboxylic acids is 2. The number of hydrogen-bond acceptors (Lipinski definition) is 2. The first-order valence-electron chi connectivity index (χ1n) is 11.3. The Labute approximate surface area is 164 Å². The summed E-state index contributed by atoms with van der Waals surface area (Å²) in [5.74, 6) is 3.52.